The van der Waals surface area contributed by atoms with E-state index in [1.807, 2.05) is 0 Å². The highest BCUT2D eigenvalue weighted by atomic mass is 30.0. The van der Waals surface area contributed by atoms with Crippen molar-refractivity contribution in [1.29, 1.82) is 0 Å². The van der Waals surface area contributed by atoms with Gasteiger partial charge < -0.3 is 22.8 Å². The number of aliphatic hydroxyl groups is 1. The fourth-order valence-electron chi connectivity index (χ4n) is 22.4. The number of carbonyl (C=O) groups is 1. The molecular weight excluding hydrogens is 1310 g/mol. The van der Waals surface area contributed by atoms with Crippen molar-refractivity contribution >= 4 is 124 Å². The van der Waals surface area contributed by atoms with Gasteiger partial charge in [0.05, 0.1) is 103 Å². The van der Waals surface area contributed by atoms with Crippen molar-refractivity contribution in [1.82, 2.24) is 0 Å². The summed E-state index contributed by atoms with van der Waals surface area (Å²) >= 11 is 0. The quantitative estimate of drug-likeness (QED) is 0.0372. The molecule has 6 nitrogen and oxygen atoms in total. The molecule has 0 heterocycles. The normalized spacial score (nSPS) is 17.0. The van der Waals surface area contributed by atoms with E-state index in [1.165, 1.54) is 73.7 Å². The molecule has 0 aliphatic rings. The predicted octanol–water partition coefficient (Wildman–Crippen LogP) is 21.9. The van der Waals surface area contributed by atoms with Crippen LogP contribution in [-0.2, 0) is 22.5 Å². The number of unbranched alkanes of at least 4 members (excludes halogenated alkanes) is 2. The van der Waals surface area contributed by atoms with Crippen molar-refractivity contribution in [2.75, 3.05) is 0 Å². The summed E-state index contributed by atoms with van der Waals surface area (Å²) in [5, 5.41) is 13.2. The zero-order valence-electron chi connectivity index (χ0n) is 65.6. The highest BCUT2D eigenvalue weighted by Gasteiger charge is 2.73. The lowest BCUT2D eigenvalue weighted by Gasteiger charge is -2.65. The molecule has 0 aromatic rings. The summed E-state index contributed by atoms with van der Waals surface area (Å²) < 4.78 is 34.6. The first kappa shape index (κ1) is 88.7. The van der Waals surface area contributed by atoms with Gasteiger partial charge in [0.15, 0.2) is 27.5 Å². The van der Waals surface area contributed by atoms with Gasteiger partial charge in [-0.2, -0.15) is 0 Å². The van der Waals surface area contributed by atoms with Crippen LogP contribution in [0.1, 0.15) is 133 Å². The van der Waals surface area contributed by atoms with Crippen LogP contribution in [0.5, 0.6) is 0 Å². The van der Waals surface area contributed by atoms with Gasteiger partial charge in [-0.3, -0.25) is 4.79 Å². The van der Waals surface area contributed by atoms with E-state index >= 15 is 4.79 Å². The van der Waals surface area contributed by atoms with E-state index in [-0.39, 0.29) is 36.6 Å². The van der Waals surface area contributed by atoms with Crippen molar-refractivity contribution < 1.29 is 27.6 Å². The van der Waals surface area contributed by atoms with Gasteiger partial charge in [0.2, 0.25) is 0 Å². The summed E-state index contributed by atoms with van der Waals surface area (Å²) in [5.74, 6) is 0.172. The maximum Gasteiger partial charge on any atom is 0.160 e. The lowest BCUT2D eigenvalue weighted by atomic mass is 9.97. The molecule has 0 rings (SSSR count). The topological polar surface area (TPSA) is 74.2 Å². The first-order valence-electron chi connectivity index (χ1n) is 36.1. The van der Waals surface area contributed by atoms with E-state index in [0.717, 1.165) is 19.3 Å². The molecule has 0 amide bonds. The van der Waals surface area contributed by atoms with E-state index in [9.17, 15) is 5.11 Å². The molecule has 514 valence electrons. The van der Waals surface area contributed by atoms with Crippen LogP contribution in [0, 0.1) is 0 Å². The molecule has 0 aromatic heterocycles. The number of hydrogen-bond donors (Lipinski definition) is 1. The van der Waals surface area contributed by atoms with Crippen LogP contribution in [-0.4, -0.2) is 160 Å². The molecule has 0 aromatic carbocycles. The molecule has 22 heteroatoms. The van der Waals surface area contributed by atoms with Gasteiger partial charge in [-0.1, -0.05) is 326 Å². The largest absolute Gasteiger partial charge is 0.423 e. The molecular formula is C64H158O6Si16. The van der Waals surface area contributed by atoms with E-state index in [2.05, 4.69) is 259 Å². The van der Waals surface area contributed by atoms with Gasteiger partial charge in [0.1, 0.15) is 5.78 Å². The SMILES string of the molecule is C=CC[C@@H](CC(=O)C[C@H](O)C[C@@H](C[C@@H](C[C@@H](CCCCC)O[Si]([Si](C)(C)C)([Si](C)(C)C)[Si](C)(C)C)O[Si]([Si](C)(C)C)([Si](C)(C)C)[Si](C)(C)C)O[Si]([Si](C)(C)C)([Si](C)(C)C)[Si](C)(C)C)O[Si]([Si](CC)(CC)CC)([Si](CC)(CC)CC)[Si](CC)(CC)CC. The van der Waals surface area contributed by atoms with Crippen LogP contribution in [0.4, 0.5) is 0 Å². The van der Waals surface area contributed by atoms with E-state index < -0.39 is 125 Å². The number of rotatable bonds is 45. The third-order valence-electron chi connectivity index (χ3n) is 23.3. The van der Waals surface area contributed by atoms with Crippen LogP contribution in [0.15, 0.2) is 12.7 Å². The van der Waals surface area contributed by atoms with Crippen molar-refractivity contribution in [2.24, 2.45) is 0 Å². The smallest absolute Gasteiger partial charge is 0.160 e. The highest BCUT2D eigenvalue weighted by Crippen LogP contribution is 2.53. The Morgan fingerprint density at radius 2 is 0.593 bits per heavy atom. The average Bonchev–Trinajstić information content (AvgIpc) is 0.821. The minimum atomic E-state index is -2.46. The lowest BCUT2D eigenvalue weighted by molar-refractivity contribution is -0.122. The Morgan fingerprint density at radius 3 is 0.837 bits per heavy atom. The predicted molar refractivity (Wildman–Crippen MR) is 437 cm³/mol. The second kappa shape index (κ2) is 33.3. The number of hydrogen-bond acceptors (Lipinski definition) is 6. The summed E-state index contributed by atoms with van der Waals surface area (Å²) in [6.07, 6.45) is 9.11. The first-order chi connectivity index (χ1) is 38.6. The summed E-state index contributed by atoms with van der Waals surface area (Å²) in [4.78, 5) is 15.5. The molecule has 0 radical (unpaired) electrons. The Hall–Kier alpha value is 2.68. The van der Waals surface area contributed by atoms with Crippen LogP contribution in [0.3, 0.4) is 0 Å². The molecule has 0 aliphatic heterocycles. The van der Waals surface area contributed by atoms with E-state index in [1.54, 1.807) is 0 Å². The fourth-order valence-corrected chi connectivity index (χ4v) is 405. The molecule has 86 heavy (non-hydrogen) atoms. The van der Waals surface area contributed by atoms with Crippen molar-refractivity contribution in [2.45, 2.75) is 395 Å². The van der Waals surface area contributed by atoms with E-state index in [0.29, 0.717) is 19.3 Å². The highest BCUT2D eigenvalue weighted by molar-refractivity contribution is 7.90. The first-order valence-corrected chi connectivity index (χ1v) is 95.1. The van der Waals surface area contributed by atoms with Gasteiger partial charge in [-0.15, -0.1) is 6.58 Å². The minimum absolute atomic E-state index is 0.0385. The molecule has 0 bridgehead atoms. The van der Waals surface area contributed by atoms with Crippen molar-refractivity contribution in [3.8, 4) is 0 Å². The van der Waals surface area contributed by atoms with E-state index in [4.69, 9.17) is 17.7 Å². The summed E-state index contributed by atoms with van der Waals surface area (Å²) in [6.45, 7) is 92.6. The average molecular weight is 1470 g/mol. The monoisotopic (exact) mass is 1470 g/mol. The number of aliphatic hydroxyl groups excluding tert-OH is 1. The standard InChI is InChI=1S/C64H158O6Si16/c1-39-50-51-53-62(67-83(71(12,13)14,72(15,16)17)73(18,19)20)57-64(70-85(77(30,31)32,78(33,34)35)79(36,37)38)58-63(69-84(74(21,22)23,75(24,25)26)76(27,28)29)56-60(66)54-59(65)55-61(52-40-2)68-86(80(41-3,42-4)43-5,81(44-6,45-7)46-8)82(47-9,48-10)49-11/h40,60-64,66H,2,39,41-58H2,1,3-38H3/t60-,61-,62+,63-,64+/m0/s1. The molecule has 1 N–H and O–H groups in total. The Kier molecular flexibility index (Phi) is 34.3. The maximum atomic E-state index is 15.5. The van der Waals surface area contributed by atoms with Gasteiger partial charge in [-0.25, -0.2) is 0 Å². The van der Waals surface area contributed by atoms with Crippen LogP contribution >= 0.6 is 0 Å². The molecule has 0 unspecified atom stereocenters. The van der Waals surface area contributed by atoms with Crippen LogP contribution < -0.4 is 0 Å². The summed E-state index contributed by atoms with van der Waals surface area (Å²) in [5.41, 5.74) is 0. The molecule has 0 saturated heterocycles. The molecule has 0 fully saturated rings. The van der Waals surface area contributed by atoms with Crippen molar-refractivity contribution in [3.05, 3.63) is 12.7 Å². The van der Waals surface area contributed by atoms with Gasteiger partial charge in [0.25, 0.3) is 0 Å². The van der Waals surface area contributed by atoms with Crippen LogP contribution in [0.25, 0.3) is 0 Å². The Morgan fingerprint density at radius 1 is 0.349 bits per heavy atom. The van der Waals surface area contributed by atoms with Gasteiger partial charge >= 0.3 is 0 Å². The van der Waals surface area contributed by atoms with Gasteiger partial charge in [0, 0.05) is 31.2 Å². The second-order valence-corrected chi connectivity index (χ2v) is 192. The maximum absolute atomic E-state index is 15.5. The zero-order chi connectivity index (χ0) is 68.4. The Labute approximate surface area is 555 Å². The minimum Gasteiger partial charge on any atom is -0.423 e. The number of carbonyl (C=O) groups excluding carboxylic acids is 1. The zero-order valence-corrected chi connectivity index (χ0v) is 81.6. The van der Waals surface area contributed by atoms with Gasteiger partial charge in [-0.05, 0) is 32.1 Å². The molecule has 0 saturated carbocycles. The Balaban J connectivity index is 9.16. The van der Waals surface area contributed by atoms with Crippen molar-refractivity contribution in [3.63, 3.8) is 0 Å². The third-order valence-corrected chi connectivity index (χ3v) is 296. The molecule has 5 atom stereocenters. The molecule has 0 spiro atoms. The number of ketones is 1. The summed E-state index contributed by atoms with van der Waals surface area (Å²) in [7, 11) is -22.9. The molecule has 0 aliphatic carbocycles. The third kappa shape index (κ3) is 18.5. The summed E-state index contributed by atoms with van der Waals surface area (Å²) in [6, 6.07) is 11.7. The second-order valence-electron chi connectivity index (χ2n) is 37.3. The van der Waals surface area contributed by atoms with Crippen LogP contribution in [0.2, 0.25) is 231 Å². The Bertz CT molecular complexity index is 1840. The fraction of sp³-hybridized carbons (Fsp3) is 0.953. The number of Topliss-reactive ketones (excluding diaryl/α,β-unsaturated/α-hetero) is 1. The lowest BCUT2D eigenvalue weighted by Crippen LogP contribution is -2.90.